The maximum Gasteiger partial charge on any atom is 0.412 e. The summed E-state index contributed by atoms with van der Waals surface area (Å²) in [4.78, 5) is 38.8. The number of nitrogens with zero attached hydrogens (tertiary/aromatic N) is 3. The first kappa shape index (κ1) is 21.5. The summed E-state index contributed by atoms with van der Waals surface area (Å²) in [6.07, 6.45) is 2.15. The van der Waals surface area contributed by atoms with Gasteiger partial charge in [-0.2, -0.15) is 8.42 Å². The summed E-state index contributed by atoms with van der Waals surface area (Å²) in [5.41, 5.74) is -1.27. The molecule has 1 saturated heterocycles. The van der Waals surface area contributed by atoms with Crippen molar-refractivity contribution in [2.45, 2.75) is 31.7 Å². The first-order valence-corrected chi connectivity index (χ1v) is 10.6. The first-order valence-electron chi connectivity index (χ1n) is 8.82. The smallest absolute Gasteiger partial charge is 0.412 e. The fraction of sp³-hybridized carbons (Fsp3) is 0.412. The number of likely N-dealkylation sites (tertiary alicyclic amines) is 1. The van der Waals surface area contributed by atoms with E-state index in [4.69, 9.17) is 8.92 Å². The molecule has 13 heteroatoms. The average Bonchev–Trinajstić information content (AvgIpc) is 3.22. The van der Waals surface area contributed by atoms with Gasteiger partial charge in [-0.05, 0) is 24.6 Å². The number of carbonyl (C=O) groups excluding carboxylic acids is 1. The largest absolute Gasteiger partial charge is 0.444 e. The Morgan fingerprint density at radius 1 is 1.37 bits per heavy atom. The molecule has 1 aliphatic heterocycles. The molecule has 1 aliphatic rings. The van der Waals surface area contributed by atoms with Gasteiger partial charge in [0.15, 0.2) is 0 Å². The lowest BCUT2D eigenvalue weighted by atomic mass is 10.1. The third-order valence-corrected chi connectivity index (χ3v) is 5.41. The Labute approximate surface area is 171 Å². The van der Waals surface area contributed by atoms with Crippen LogP contribution in [0.2, 0.25) is 0 Å². The molecule has 1 fully saturated rings. The third-order valence-electron chi connectivity index (χ3n) is 4.79. The number of aromatic nitrogens is 2. The van der Waals surface area contributed by atoms with Gasteiger partial charge in [-0.15, -0.1) is 0 Å². The summed E-state index contributed by atoms with van der Waals surface area (Å²) in [6, 6.07) is 5.50. The van der Waals surface area contributed by atoms with Crippen LogP contribution in [-0.2, 0) is 31.3 Å². The molecule has 30 heavy (non-hydrogen) atoms. The molecule has 0 unspecified atom stereocenters. The van der Waals surface area contributed by atoms with Crippen molar-refractivity contribution in [2.75, 3.05) is 12.8 Å². The van der Waals surface area contributed by atoms with Crippen molar-refractivity contribution in [1.82, 2.24) is 14.5 Å². The Morgan fingerprint density at radius 3 is 2.57 bits per heavy atom. The lowest BCUT2D eigenvalue weighted by Gasteiger charge is -2.34. The van der Waals surface area contributed by atoms with E-state index in [1.54, 1.807) is 6.92 Å². The van der Waals surface area contributed by atoms with Crippen LogP contribution < -0.4 is 5.69 Å². The van der Waals surface area contributed by atoms with Gasteiger partial charge in [-0.1, -0.05) is 0 Å². The van der Waals surface area contributed by atoms with Gasteiger partial charge in [0.2, 0.25) is 0 Å². The number of ether oxygens (including phenoxy) is 1. The Morgan fingerprint density at radius 2 is 2.03 bits per heavy atom. The van der Waals surface area contributed by atoms with E-state index >= 15 is 0 Å². The van der Waals surface area contributed by atoms with Crippen molar-refractivity contribution in [3.63, 3.8) is 0 Å². The molecule has 0 spiro atoms. The highest BCUT2D eigenvalue weighted by Crippen LogP contribution is 2.35. The zero-order chi connectivity index (χ0) is 22.1. The van der Waals surface area contributed by atoms with Crippen LogP contribution in [0.5, 0.6) is 0 Å². The molecule has 12 nitrogen and oxygen atoms in total. The van der Waals surface area contributed by atoms with Gasteiger partial charge in [0.25, 0.3) is 15.8 Å². The molecule has 2 atom stereocenters. The Balaban J connectivity index is 1.79. The van der Waals surface area contributed by atoms with Crippen LogP contribution in [0.4, 0.5) is 10.5 Å². The Kier molecular flexibility index (Phi) is 5.67. The van der Waals surface area contributed by atoms with Gasteiger partial charge in [-0.3, -0.25) is 23.8 Å². The molecule has 0 radical (unpaired) electrons. The SMILES string of the molecule is C[C@@]1(n2cc[nH]c2=O)C[C@@H](OS(C)(=O)=O)CN1C(=O)OCc1ccc([N+](=O)[O-])cc1. The molecule has 0 saturated carbocycles. The number of hydrogen-bond donors (Lipinski definition) is 1. The fourth-order valence-corrected chi connectivity index (χ4v) is 4.08. The van der Waals surface area contributed by atoms with E-state index in [0.29, 0.717) is 5.56 Å². The predicted molar refractivity (Wildman–Crippen MR) is 103 cm³/mol. The van der Waals surface area contributed by atoms with Gasteiger partial charge in [0.05, 0.1) is 23.8 Å². The number of amides is 1. The zero-order valence-electron chi connectivity index (χ0n) is 16.2. The van der Waals surface area contributed by atoms with Crippen LogP contribution in [-0.4, -0.2) is 52.8 Å². The monoisotopic (exact) mass is 440 g/mol. The zero-order valence-corrected chi connectivity index (χ0v) is 17.0. The van der Waals surface area contributed by atoms with E-state index in [2.05, 4.69) is 4.98 Å². The summed E-state index contributed by atoms with van der Waals surface area (Å²) in [5.74, 6) is 0. The van der Waals surface area contributed by atoms with Gasteiger partial charge >= 0.3 is 11.8 Å². The number of benzene rings is 1. The number of H-pyrrole nitrogens is 1. The van der Waals surface area contributed by atoms with E-state index in [1.165, 1.54) is 46.1 Å². The summed E-state index contributed by atoms with van der Waals surface area (Å²) in [5, 5.41) is 10.7. The number of rotatable bonds is 6. The number of nitro benzene ring substituents is 1. The maximum absolute atomic E-state index is 12.8. The van der Waals surface area contributed by atoms with Crippen molar-refractivity contribution in [2.24, 2.45) is 0 Å². The van der Waals surface area contributed by atoms with Crippen LogP contribution in [0.3, 0.4) is 0 Å². The van der Waals surface area contributed by atoms with Crippen molar-refractivity contribution in [1.29, 1.82) is 0 Å². The van der Waals surface area contributed by atoms with Crippen LogP contribution in [0, 0.1) is 10.1 Å². The van der Waals surface area contributed by atoms with E-state index in [9.17, 15) is 28.1 Å². The first-order chi connectivity index (χ1) is 14.0. The van der Waals surface area contributed by atoms with Gasteiger partial charge < -0.3 is 9.72 Å². The Hall–Kier alpha value is -3.19. The molecule has 162 valence electrons. The van der Waals surface area contributed by atoms with Crippen LogP contribution in [0.15, 0.2) is 41.5 Å². The quantitative estimate of drug-likeness (QED) is 0.398. The second-order valence-electron chi connectivity index (χ2n) is 7.07. The molecule has 0 aliphatic carbocycles. The van der Waals surface area contributed by atoms with Gasteiger partial charge in [0.1, 0.15) is 12.3 Å². The number of carbonyl (C=O) groups is 1. The van der Waals surface area contributed by atoms with Crippen molar-refractivity contribution in [3.05, 3.63) is 62.8 Å². The second-order valence-corrected chi connectivity index (χ2v) is 8.67. The normalized spacial score (nSPS) is 21.5. The second kappa shape index (κ2) is 7.91. The molecule has 1 aromatic carbocycles. The lowest BCUT2D eigenvalue weighted by molar-refractivity contribution is -0.384. The number of aromatic amines is 1. The molecular formula is C17H20N4O8S. The molecule has 1 N–H and O–H groups in total. The van der Waals surface area contributed by atoms with E-state index in [-0.39, 0.29) is 25.3 Å². The molecule has 3 rings (SSSR count). The summed E-state index contributed by atoms with van der Waals surface area (Å²) >= 11 is 0. The van der Waals surface area contributed by atoms with E-state index in [1.807, 2.05) is 0 Å². The highest BCUT2D eigenvalue weighted by molar-refractivity contribution is 7.86. The van der Waals surface area contributed by atoms with Gasteiger partial charge in [-0.25, -0.2) is 9.59 Å². The molecule has 2 heterocycles. The molecule has 0 bridgehead atoms. The minimum atomic E-state index is -3.78. The predicted octanol–water partition coefficient (Wildman–Crippen LogP) is 1.14. The molecule has 1 amide bonds. The summed E-state index contributed by atoms with van der Waals surface area (Å²) in [6.45, 7) is 1.32. The molecular weight excluding hydrogens is 420 g/mol. The number of imidazole rings is 1. The van der Waals surface area contributed by atoms with Gasteiger partial charge in [0, 0.05) is 30.9 Å². The minimum absolute atomic E-state index is 0.0461. The summed E-state index contributed by atoms with van der Waals surface area (Å²) < 4.78 is 34.7. The lowest BCUT2D eigenvalue weighted by Crippen LogP contribution is -2.50. The number of nitro groups is 1. The highest BCUT2D eigenvalue weighted by atomic mass is 32.2. The number of hydrogen-bond acceptors (Lipinski definition) is 8. The summed E-state index contributed by atoms with van der Waals surface area (Å²) in [7, 11) is -3.78. The number of non-ortho nitro benzene ring substituents is 1. The van der Waals surface area contributed by atoms with Crippen LogP contribution in [0.1, 0.15) is 18.9 Å². The maximum atomic E-state index is 12.8. The fourth-order valence-electron chi connectivity index (χ4n) is 3.45. The highest BCUT2D eigenvalue weighted by Gasteiger charge is 2.49. The Bertz CT molecular complexity index is 1110. The van der Waals surface area contributed by atoms with E-state index < -0.39 is 38.6 Å². The minimum Gasteiger partial charge on any atom is -0.444 e. The van der Waals surface area contributed by atoms with Crippen LogP contribution >= 0.6 is 0 Å². The van der Waals surface area contributed by atoms with E-state index in [0.717, 1.165) is 6.26 Å². The molecule has 1 aromatic heterocycles. The topological polar surface area (TPSA) is 154 Å². The van der Waals surface area contributed by atoms with Crippen molar-refractivity contribution < 1.29 is 27.1 Å². The van der Waals surface area contributed by atoms with Crippen molar-refractivity contribution in [3.8, 4) is 0 Å². The average molecular weight is 440 g/mol. The molecule has 2 aromatic rings. The van der Waals surface area contributed by atoms with Crippen LogP contribution in [0.25, 0.3) is 0 Å². The standard InChI is InChI=1S/C17H20N4O8S/c1-17(19-8-7-18-15(19)22)9-14(29-30(2,26)27)10-20(17)16(23)28-11-12-3-5-13(6-4-12)21(24)25/h3-8,14H,9-11H2,1-2H3,(H,18,22)/t14-,17+/m1/s1. The van der Waals surface area contributed by atoms with Crippen molar-refractivity contribution >= 4 is 21.9 Å². The number of nitrogens with one attached hydrogen (secondary N) is 1. The third kappa shape index (κ3) is 4.52.